The molecule has 1 aliphatic heterocycles. The summed E-state index contributed by atoms with van der Waals surface area (Å²) >= 11 is 0. The highest BCUT2D eigenvalue weighted by Crippen LogP contribution is 2.27. The van der Waals surface area contributed by atoms with E-state index in [2.05, 4.69) is 5.32 Å². The molecule has 1 saturated heterocycles. The molecule has 0 amide bonds. The van der Waals surface area contributed by atoms with E-state index in [4.69, 9.17) is 0 Å². The molecule has 0 spiro atoms. The van der Waals surface area contributed by atoms with E-state index in [1.807, 2.05) is 43.3 Å². The monoisotopic (exact) mass is 247 g/mol. The first-order valence-corrected chi connectivity index (χ1v) is 6.49. The SMILES string of the molecule is CC=C(Cc1ccccc1)C1(O)CC(O)CCN1. The van der Waals surface area contributed by atoms with Crippen molar-refractivity contribution in [3.05, 3.63) is 47.5 Å². The third-order valence-electron chi connectivity index (χ3n) is 3.54. The summed E-state index contributed by atoms with van der Waals surface area (Å²) in [5, 5.41) is 23.5. The van der Waals surface area contributed by atoms with Crippen molar-refractivity contribution < 1.29 is 10.2 Å². The van der Waals surface area contributed by atoms with Gasteiger partial charge in [0.05, 0.1) is 6.10 Å². The van der Waals surface area contributed by atoms with Crippen molar-refractivity contribution in [1.82, 2.24) is 5.32 Å². The third-order valence-corrected chi connectivity index (χ3v) is 3.54. The van der Waals surface area contributed by atoms with E-state index in [-0.39, 0.29) is 0 Å². The van der Waals surface area contributed by atoms with Gasteiger partial charge in [-0.05, 0) is 30.9 Å². The third kappa shape index (κ3) is 2.99. The van der Waals surface area contributed by atoms with Crippen molar-refractivity contribution in [2.75, 3.05) is 6.54 Å². The minimum atomic E-state index is -1.07. The van der Waals surface area contributed by atoms with Crippen LogP contribution in [0.1, 0.15) is 25.3 Å². The summed E-state index contributed by atoms with van der Waals surface area (Å²) in [4.78, 5) is 0. The normalized spacial score (nSPS) is 29.3. The van der Waals surface area contributed by atoms with Crippen LogP contribution in [-0.2, 0) is 6.42 Å². The van der Waals surface area contributed by atoms with Gasteiger partial charge in [-0.1, -0.05) is 36.4 Å². The largest absolute Gasteiger partial charge is 0.393 e. The van der Waals surface area contributed by atoms with E-state index in [1.54, 1.807) is 0 Å². The van der Waals surface area contributed by atoms with Gasteiger partial charge in [-0.25, -0.2) is 0 Å². The first-order valence-electron chi connectivity index (χ1n) is 6.49. The van der Waals surface area contributed by atoms with Crippen LogP contribution in [0, 0.1) is 0 Å². The van der Waals surface area contributed by atoms with Gasteiger partial charge in [-0.2, -0.15) is 0 Å². The molecule has 1 fully saturated rings. The van der Waals surface area contributed by atoms with E-state index >= 15 is 0 Å². The number of hydrogen-bond acceptors (Lipinski definition) is 3. The van der Waals surface area contributed by atoms with Crippen LogP contribution in [0.5, 0.6) is 0 Å². The maximum atomic E-state index is 10.6. The second-order valence-corrected chi connectivity index (χ2v) is 4.91. The standard InChI is InChI=1S/C15H21NO2/c1-2-13(10-12-6-4-3-5-7-12)15(18)11-14(17)8-9-16-15/h2-7,14,16-18H,8-11H2,1H3. The van der Waals surface area contributed by atoms with E-state index in [0.29, 0.717) is 25.8 Å². The summed E-state index contributed by atoms with van der Waals surface area (Å²) in [6, 6.07) is 10.1. The Balaban J connectivity index is 2.14. The molecule has 1 heterocycles. The summed E-state index contributed by atoms with van der Waals surface area (Å²) in [5.74, 6) is 0. The number of hydrogen-bond donors (Lipinski definition) is 3. The van der Waals surface area contributed by atoms with Gasteiger partial charge in [0.15, 0.2) is 0 Å². The first-order chi connectivity index (χ1) is 8.64. The fraction of sp³-hybridized carbons (Fsp3) is 0.467. The summed E-state index contributed by atoms with van der Waals surface area (Å²) in [6.07, 6.45) is 3.28. The molecule has 3 heteroatoms. The number of aliphatic hydroxyl groups is 2. The highest BCUT2D eigenvalue weighted by atomic mass is 16.3. The lowest BCUT2D eigenvalue weighted by atomic mass is 9.87. The molecular formula is C15H21NO2. The van der Waals surface area contributed by atoms with Gasteiger partial charge >= 0.3 is 0 Å². The van der Waals surface area contributed by atoms with Gasteiger partial charge in [0.1, 0.15) is 5.72 Å². The highest BCUT2D eigenvalue weighted by molar-refractivity contribution is 5.27. The van der Waals surface area contributed by atoms with E-state index in [0.717, 1.165) is 5.57 Å². The predicted molar refractivity (Wildman–Crippen MR) is 72.1 cm³/mol. The average molecular weight is 247 g/mol. The number of aliphatic hydroxyl groups excluding tert-OH is 1. The van der Waals surface area contributed by atoms with Crippen molar-refractivity contribution in [2.45, 2.75) is 38.0 Å². The van der Waals surface area contributed by atoms with E-state index in [1.165, 1.54) is 5.56 Å². The molecule has 0 bridgehead atoms. The van der Waals surface area contributed by atoms with Crippen molar-refractivity contribution >= 4 is 0 Å². The molecule has 98 valence electrons. The molecule has 3 N–H and O–H groups in total. The molecule has 0 saturated carbocycles. The van der Waals surface area contributed by atoms with Crippen LogP contribution < -0.4 is 5.32 Å². The van der Waals surface area contributed by atoms with Crippen LogP contribution in [0.3, 0.4) is 0 Å². The van der Waals surface area contributed by atoms with Crippen LogP contribution in [0.2, 0.25) is 0 Å². The summed E-state index contributed by atoms with van der Waals surface area (Å²) in [7, 11) is 0. The predicted octanol–water partition coefficient (Wildman–Crippen LogP) is 1.61. The van der Waals surface area contributed by atoms with Gasteiger partial charge in [0.25, 0.3) is 0 Å². The number of benzene rings is 1. The van der Waals surface area contributed by atoms with Crippen molar-refractivity contribution in [1.29, 1.82) is 0 Å². The quantitative estimate of drug-likeness (QED) is 0.711. The first kappa shape index (κ1) is 13.3. The van der Waals surface area contributed by atoms with Crippen molar-refractivity contribution in [2.24, 2.45) is 0 Å². The molecule has 2 unspecified atom stereocenters. The molecule has 0 aromatic heterocycles. The molecule has 1 aromatic carbocycles. The molecule has 1 aliphatic rings. The highest BCUT2D eigenvalue weighted by Gasteiger charge is 2.36. The summed E-state index contributed by atoms with van der Waals surface area (Å²) in [6.45, 7) is 2.57. The van der Waals surface area contributed by atoms with E-state index in [9.17, 15) is 10.2 Å². The Morgan fingerprint density at radius 2 is 2.17 bits per heavy atom. The fourth-order valence-corrected chi connectivity index (χ4v) is 2.51. The second-order valence-electron chi connectivity index (χ2n) is 4.91. The molecular weight excluding hydrogens is 226 g/mol. The number of nitrogens with one attached hydrogen (secondary N) is 1. The van der Waals surface area contributed by atoms with Crippen LogP contribution in [0.15, 0.2) is 42.0 Å². The van der Waals surface area contributed by atoms with Gasteiger partial charge in [-0.15, -0.1) is 0 Å². The van der Waals surface area contributed by atoms with Gasteiger partial charge in [0, 0.05) is 13.0 Å². The lowest BCUT2D eigenvalue weighted by Crippen LogP contribution is -2.54. The average Bonchev–Trinajstić information content (AvgIpc) is 2.36. The zero-order valence-electron chi connectivity index (χ0n) is 10.8. The minimum Gasteiger partial charge on any atom is -0.393 e. The Kier molecular flexibility index (Phi) is 4.17. The molecule has 3 nitrogen and oxygen atoms in total. The smallest absolute Gasteiger partial charge is 0.140 e. The molecule has 2 rings (SSSR count). The van der Waals surface area contributed by atoms with Crippen LogP contribution >= 0.6 is 0 Å². The Hall–Kier alpha value is -1.16. The maximum absolute atomic E-state index is 10.6. The maximum Gasteiger partial charge on any atom is 0.140 e. The number of rotatable bonds is 3. The summed E-state index contributed by atoms with van der Waals surface area (Å²) in [5.41, 5.74) is 1.02. The van der Waals surface area contributed by atoms with Crippen LogP contribution in [0.4, 0.5) is 0 Å². The van der Waals surface area contributed by atoms with Crippen LogP contribution in [-0.4, -0.2) is 28.6 Å². The minimum absolute atomic E-state index is 0.361. The molecule has 2 atom stereocenters. The summed E-state index contributed by atoms with van der Waals surface area (Å²) < 4.78 is 0. The van der Waals surface area contributed by atoms with Crippen LogP contribution in [0.25, 0.3) is 0 Å². The zero-order valence-corrected chi connectivity index (χ0v) is 10.8. The van der Waals surface area contributed by atoms with Crippen molar-refractivity contribution in [3.8, 4) is 0 Å². The number of allylic oxidation sites excluding steroid dienone is 1. The Bertz CT molecular complexity index is 416. The van der Waals surface area contributed by atoms with Gasteiger partial charge in [-0.3, -0.25) is 5.32 Å². The zero-order chi connectivity index (χ0) is 13.0. The van der Waals surface area contributed by atoms with Gasteiger partial charge in [0.2, 0.25) is 0 Å². The molecule has 0 aliphatic carbocycles. The van der Waals surface area contributed by atoms with Gasteiger partial charge < -0.3 is 10.2 Å². The van der Waals surface area contributed by atoms with Crippen molar-refractivity contribution in [3.63, 3.8) is 0 Å². The molecule has 18 heavy (non-hydrogen) atoms. The lowest BCUT2D eigenvalue weighted by Gasteiger charge is -2.38. The lowest BCUT2D eigenvalue weighted by molar-refractivity contribution is -0.0364. The van der Waals surface area contributed by atoms with E-state index < -0.39 is 11.8 Å². The topological polar surface area (TPSA) is 52.5 Å². The molecule has 1 aromatic rings. The molecule has 0 radical (unpaired) electrons. The second kappa shape index (κ2) is 5.65. The Morgan fingerprint density at radius 3 is 2.78 bits per heavy atom. The Labute approximate surface area is 108 Å². The Morgan fingerprint density at radius 1 is 1.44 bits per heavy atom. The number of piperidine rings is 1. The fourth-order valence-electron chi connectivity index (χ4n) is 2.51.